The molecule has 73 heavy (non-hydrogen) atoms. The van der Waals surface area contributed by atoms with Crippen LogP contribution in [0.4, 0.5) is 0 Å². The van der Waals surface area contributed by atoms with Gasteiger partial charge >= 0.3 is 0 Å². The molecule has 12 heteroatoms. The summed E-state index contributed by atoms with van der Waals surface area (Å²) < 4.78 is 76.7. The van der Waals surface area contributed by atoms with Crippen LogP contribution in [0.2, 0.25) is 0 Å². The van der Waals surface area contributed by atoms with Crippen LogP contribution in [0, 0.1) is 0 Å². The maximum Gasteiger partial charge on any atom is 0.161 e. The third-order valence-corrected chi connectivity index (χ3v) is 13.9. The van der Waals surface area contributed by atoms with Gasteiger partial charge in [0.25, 0.3) is 0 Å². The van der Waals surface area contributed by atoms with Crippen LogP contribution in [-0.2, 0) is 38.5 Å². The summed E-state index contributed by atoms with van der Waals surface area (Å²) in [6.45, 7) is 10.8. The van der Waals surface area contributed by atoms with Gasteiger partial charge in [0, 0.05) is 19.3 Å². The third kappa shape index (κ3) is 10.8. The monoisotopic (exact) mass is 988 g/mol. The van der Waals surface area contributed by atoms with Crippen LogP contribution in [0.1, 0.15) is 86.0 Å². The van der Waals surface area contributed by atoms with E-state index in [0.717, 1.165) is 66.8 Å². The van der Waals surface area contributed by atoms with E-state index in [4.69, 9.17) is 56.8 Å². The number of ether oxygens (including phenoxy) is 12. The summed E-state index contributed by atoms with van der Waals surface area (Å²) in [5, 5.41) is 0. The first-order chi connectivity index (χ1) is 35.8. The van der Waals surface area contributed by atoms with Crippen LogP contribution in [0.3, 0.4) is 0 Å². The van der Waals surface area contributed by atoms with Gasteiger partial charge in [0.1, 0.15) is 13.2 Å². The number of hydrogen-bond donors (Lipinski definition) is 0. The highest BCUT2D eigenvalue weighted by Gasteiger charge is 2.26. The largest absolute Gasteiger partial charge is 0.493 e. The van der Waals surface area contributed by atoms with E-state index in [0.29, 0.717) is 180 Å². The van der Waals surface area contributed by atoms with Crippen molar-refractivity contribution in [1.29, 1.82) is 0 Å². The lowest BCUT2D eigenvalue weighted by Gasteiger charge is -2.20. The zero-order valence-corrected chi connectivity index (χ0v) is 42.4. The average Bonchev–Trinajstić information content (AvgIpc) is 3.49. The molecule has 0 amide bonds. The topological polar surface area (TPSA) is 111 Å². The summed E-state index contributed by atoms with van der Waals surface area (Å²) in [5.41, 5.74) is 13.2. The Morgan fingerprint density at radius 3 is 0.712 bits per heavy atom. The minimum Gasteiger partial charge on any atom is -0.493 e. The molecule has 0 saturated carbocycles. The summed E-state index contributed by atoms with van der Waals surface area (Å²) in [7, 11) is 6.74. The molecule has 20 rings (SSSR count). The van der Waals surface area contributed by atoms with Crippen molar-refractivity contribution in [2.45, 2.75) is 57.8 Å². The van der Waals surface area contributed by atoms with Crippen molar-refractivity contribution >= 4 is 0 Å². The van der Waals surface area contributed by atoms with E-state index < -0.39 is 0 Å². The second-order valence-electron chi connectivity index (χ2n) is 18.6. The Bertz CT molecular complexity index is 2810. The quantitative estimate of drug-likeness (QED) is 0.122. The molecule has 0 spiro atoms. The van der Waals surface area contributed by atoms with E-state index in [1.807, 2.05) is 0 Å². The molecule has 0 saturated heterocycles. The van der Waals surface area contributed by atoms with E-state index >= 15 is 0 Å². The van der Waals surface area contributed by atoms with E-state index in [1.54, 1.807) is 40.6 Å². The van der Waals surface area contributed by atoms with E-state index in [9.17, 15) is 0 Å². The van der Waals surface area contributed by atoms with Gasteiger partial charge in [0.2, 0.25) is 0 Å². The van der Waals surface area contributed by atoms with Gasteiger partial charge < -0.3 is 56.8 Å². The van der Waals surface area contributed by atoms with Crippen molar-refractivity contribution in [2.75, 3.05) is 81.3 Å². The molecule has 380 valence electrons. The van der Waals surface area contributed by atoms with Gasteiger partial charge in [0.05, 0.1) is 68.1 Å². The second-order valence-corrected chi connectivity index (χ2v) is 18.6. The first-order valence-corrected chi connectivity index (χ1v) is 25.2. The highest BCUT2D eigenvalue weighted by atomic mass is 16.5. The third-order valence-electron chi connectivity index (χ3n) is 13.9. The highest BCUT2D eigenvalue weighted by molar-refractivity contribution is 5.60. The van der Waals surface area contributed by atoms with Gasteiger partial charge in [-0.2, -0.15) is 0 Å². The van der Waals surface area contributed by atoms with Gasteiger partial charge in [-0.1, -0.05) is 25.3 Å². The normalized spacial score (nSPS) is 14.9. The van der Waals surface area contributed by atoms with Crippen LogP contribution < -0.4 is 56.8 Å². The standard InChI is InChI=1S/C61H64O12/c1-7-12-66-58-34-48-24-44-32-56-50(62-3)26-38(44)20-42-30-54-52(64-5)28-40(42)22-46(48)36-60(58)72-18-11-19-73-61-37-47-23-41-29-53(65-6)55(69-15-9-14-68-54)31-43(41)21-39-27-51(63-4)57(71-17-10-16-70-56)33-45(39)25-49(47)35-59(61)67-13-8-2/h7-8,26-37H,1-2,9-25H2,3-6H3. The molecule has 0 atom stereocenters. The molecule has 12 nitrogen and oxygen atoms in total. The van der Waals surface area contributed by atoms with Crippen molar-refractivity contribution in [1.82, 2.24) is 0 Å². The van der Waals surface area contributed by atoms with Crippen LogP contribution in [0.25, 0.3) is 0 Å². The molecule has 6 aromatic carbocycles. The van der Waals surface area contributed by atoms with Crippen molar-refractivity contribution in [2.24, 2.45) is 0 Å². The molecule has 2 aliphatic carbocycles. The van der Waals surface area contributed by atoms with Crippen LogP contribution in [-0.4, -0.2) is 81.3 Å². The summed E-state index contributed by atoms with van der Waals surface area (Å²) in [5.74, 6) is 7.80. The van der Waals surface area contributed by atoms with E-state index in [2.05, 4.69) is 86.0 Å². The summed E-state index contributed by atoms with van der Waals surface area (Å²) in [6.07, 6.45) is 8.91. The van der Waals surface area contributed by atoms with E-state index in [1.165, 1.54) is 0 Å². The molecule has 12 aliphatic heterocycles. The predicted molar refractivity (Wildman–Crippen MR) is 280 cm³/mol. The summed E-state index contributed by atoms with van der Waals surface area (Å²) in [4.78, 5) is 0. The Hall–Kier alpha value is -7.60. The Morgan fingerprint density at radius 2 is 0.507 bits per heavy atom. The Balaban J connectivity index is 1.16. The molecular formula is C61H64O12. The van der Waals surface area contributed by atoms with Crippen molar-refractivity contribution in [3.63, 3.8) is 0 Å². The van der Waals surface area contributed by atoms with Gasteiger partial charge in [0.15, 0.2) is 69.0 Å². The van der Waals surface area contributed by atoms with Crippen LogP contribution in [0.15, 0.2) is 98.1 Å². The summed E-state index contributed by atoms with van der Waals surface area (Å²) >= 11 is 0. The predicted octanol–water partition coefficient (Wildman–Crippen LogP) is 11.2. The second kappa shape index (κ2) is 22.4. The lowest BCUT2D eigenvalue weighted by molar-refractivity contribution is 0.230. The minimum atomic E-state index is 0.311. The zero-order valence-electron chi connectivity index (χ0n) is 42.4. The fourth-order valence-corrected chi connectivity index (χ4v) is 10.2. The van der Waals surface area contributed by atoms with Crippen LogP contribution >= 0.6 is 0 Å². The fraction of sp³-hybridized carbons (Fsp3) is 0.344. The lowest BCUT2D eigenvalue weighted by Crippen LogP contribution is -2.10. The Kier molecular flexibility index (Phi) is 15.1. The molecule has 0 fully saturated rings. The Morgan fingerprint density at radius 1 is 0.315 bits per heavy atom. The van der Waals surface area contributed by atoms with Gasteiger partial charge in [-0.3, -0.25) is 0 Å². The number of rotatable bonds is 10. The molecule has 14 aliphatic rings. The molecule has 0 aromatic heterocycles. The maximum absolute atomic E-state index is 6.67. The lowest BCUT2D eigenvalue weighted by atomic mass is 9.94. The first-order valence-electron chi connectivity index (χ1n) is 25.2. The number of benzene rings is 6. The molecule has 0 radical (unpaired) electrons. The SMILES string of the molecule is C=CCOc1cc2c3cc1OCCCOc1cc4c(cc1OCC=C)Cc1cc5c(OC)cc1Cc1cc(c(OC)cc1C4)OCCCOc1cc(c(cc1OC)C3)Cc1cc(OC)c(cc1C2)OCCCO5. The summed E-state index contributed by atoms with van der Waals surface area (Å²) in [6, 6.07) is 25.4. The number of methoxy groups -OCH3 is 4. The highest BCUT2D eigenvalue weighted by Crippen LogP contribution is 2.44. The maximum atomic E-state index is 6.67. The fourth-order valence-electron chi connectivity index (χ4n) is 10.2. The molecule has 0 unspecified atom stereocenters. The Labute approximate surface area is 428 Å². The minimum absolute atomic E-state index is 0.311. The van der Waals surface area contributed by atoms with Crippen molar-refractivity contribution in [3.8, 4) is 69.0 Å². The molecule has 18 bridgehead atoms. The average molecular weight is 989 g/mol. The first kappa shape index (κ1) is 49.0. The van der Waals surface area contributed by atoms with Crippen molar-refractivity contribution in [3.05, 3.63) is 165 Å². The smallest absolute Gasteiger partial charge is 0.161 e. The van der Waals surface area contributed by atoms with Crippen molar-refractivity contribution < 1.29 is 56.8 Å². The van der Waals surface area contributed by atoms with Gasteiger partial charge in [-0.05, 0) is 178 Å². The molecular weight excluding hydrogens is 925 g/mol. The number of hydrogen-bond acceptors (Lipinski definition) is 12. The van der Waals surface area contributed by atoms with Gasteiger partial charge in [-0.25, -0.2) is 0 Å². The zero-order chi connectivity index (χ0) is 50.3. The molecule has 12 heterocycles. The molecule has 6 aromatic rings. The van der Waals surface area contributed by atoms with E-state index in [-0.39, 0.29) is 0 Å². The molecule has 0 N–H and O–H groups in total. The van der Waals surface area contributed by atoms with Crippen LogP contribution in [0.5, 0.6) is 69.0 Å². The van der Waals surface area contributed by atoms with Gasteiger partial charge in [-0.15, -0.1) is 0 Å².